The van der Waals surface area contributed by atoms with Crippen LogP contribution in [0.5, 0.6) is 5.75 Å². The summed E-state index contributed by atoms with van der Waals surface area (Å²) in [6.07, 6.45) is 2.50. The Labute approximate surface area is 65.0 Å². The van der Waals surface area contributed by atoms with Crippen LogP contribution >= 0.6 is 0 Å². The number of H-pyrrole nitrogens is 1. The van der Waals surface area contributed by atoms with Crippen molar-refractivity contribution in [3.05, 3.63) is 28.7 Å². The first kappa shape index (κ1) is 7.85. The van der Waals surface area contributed by atoms with Gasteiger partial charge in [0.25, 0.3) is 5.56 Å². The highest BCUT2D eigenvalue weighted by molar-refractivity contribution is 5.15. The number of ether oxygens (including phenoxy) is 1. The number of pyridine rings is 1. The Kier molecular flexibility index (Phi) is 2.72. The van der Waals surface area contributed by atoms with E-state index in [1.54, 1.807) is 18.3 Å². The zero-order chi connectivity index (χ0) is 8.10. The SMILES string of the molecule is CCCOc1ccc[nH]c1=O. The lowest BCUT2D eigenvalue weighted by Crippen LogP contribution is -2.10. The van der Waals surface area contributed by atoms with Crippen molar-refractivity contribution in [2.45, 2.75) is 13.3 Å². The maximum atomic E-state index is 10.9. The minimum atomic E-state index is -0.166. The first-order chi connectivity index (χ1) is 5.34. The van der Waals surface area contributed by atoms with Crippen LogP contribution in [0.15, 0.2) is 23.1 Å². The van der Waals surface area contributed by atoms with Crippen LogP contribution in [0.2, 0.25) is 0 Å². The predicted octanol–water partition coefficient (Wildman–Crippen LogP) is 1.16. The Morgan fingerprint density at radius 3 is 3.09 bits per heavy atom. The molecule has 1 aromatic rings. The second-order valence-electron chi connectivity index (χ2n) is 2.21. The molecule has 0 unspecified atom stereocenters. The average molecular weight is 153 g/mol. The molecule has 1 heterocycles. The molecule has 0 saturated heterocycles. The van der Waals surface area contributed by atoms with E-state index in [1.807, 2.05) is 6.92 Å². The van der Waals surface area contributed by atoms with Crippen LogP contribution in [-0.2, 0) is 0 Å². The third-order valence-corrected chi connectivity index (χ3v) is 1.24. The van der Waals surface area contributed by atoms with Crippen molar-refractivity contribution in [1.29, 1.82) is 0 Å². The minimum Gasteiger partial charge on any atom is -0.488 e. The molecular weight excluding hydrogens is 142 g/mol. The van der Waals surface area contributed by atoms with Crippen molar-refractivity contribution in [2.24, 2.45) is 0 Å². The van der Waals surface area contributed by atoms with Crippen LogP contribution in [-0.4, -0.2) is 11.6 Å². The molecule has 0 aromatic carbocycles. The normalized spacial score (nSPS) is 9.55. The van der Waals surface area contributed by atoms with E-state index < -0.39 is 0 Å². The zero-order valence-electron chi connectivity index (χ0n) is 6.46. The highest BCUT2D eigenvalue weighted by atomic mass is 16.5. The number of hydrogen-bond acceptors (Lipinski definition) is 2. The molecule has 1 rings (SSSR count). The van der Waals surface area contributed by atoms with Crippen LogP contribution in [0.1, 0.15) is 13.3 Å². The average Bonchev–Trinajstić information content (AvgIpc) is 2.03. The molecular formula is C8H11NO2. The Bertz CT molecular complexity index is 267. The van der Waals surface area contributed by atoms with Crippen LogP contribution < -0.4 is 10.3 Å². The van der Waals surface area contributed by atoms with Crippen molar-refractivity contribution >= 4 is 0 Å². The topological polar surface area (TPSA) is 42.1 Å². The quantitative estimate of drug-likeness (QED) is 0.708. The van der Waals surface area contributed by atoms with Gasteiger partial charge in [-0.05, 0) is 18.6 Å². The number of hydrogen-bond donors (Lipinski definition) is 1. The smallest absolute Gasteiger partial charge is 0.290 e. The van der Waals surface area contributed by atoms with Crippen molar-refractivity contribution < 1.29 is 4.74 Å². The molecule has 60 valence electrons. The van der Waals surface area contributed by atoms with Gasteiger partial charge in [0.2, 0.25) is 0 Å². The number of aromatic nitrogens is 1. The summed E-state index contributed by atoms with van der Waals surface area (Å²) in [5.74, 6) is 0.398. The maximum Gasteiger partial charge on any atom is 0.290 e. The predicted molar refractivity (Wildman–Crippen MR) is 42.8 cm³/mol. The molecule has 0 aliphatic carbocycles. The molecule has 3 heteroatoms. The van der Waals surface area contributed by atoms with Gasteiger partial charge in [-0.25, -0.2) is 0 Å². The van der Waals surface area contributed by atoms with Gasteiger partial charge in [0, 0.05) is 6.20 Å². The van der Waals surface area contributed by atoms with Crippen LogP contribution in [0.3, 0.4) is 0 Å². The van der Waals surface area contributed by atoms with Gasteiger partial charge < -0.3 is 9.72 Å². The summed E-state index contributed by atoms with van der Waals surface area (Å²) in [4.78, 5) is 13.5. The highest BCUT2D eigenvalue weighted by Gasteiger charge is 1.95. The third kappa shape index (κ3) is 2.11. The van der Waals surface area contributed by atoms with Crippen LogP contribution in [0.25, 0.3) is 0 Å². The number of nitrogens with one attached hydrogen (secondary N) is 1. The van der Waals surface area contributed by atoms with E-state index in [4.69, 9.17) is 4.74 Å². The molecule has 3 nitrogen and oxygen atoms in total. The van der Waals surface area contributed by atoms with Crippen LogP contribution in [0, 0.1) is 0 Å². The minimum absolute atomic E-state index is 0.166. The van der Waals surface area contributed by atoms with E-state index in [1.165, 1.54) is 0 Å². The molecule has 0 saturated carbocycles. The van der Waals surface area contributed by atoms with Gasteiger partial charge >= 0.3 is 0 Å². The number of rotatable bonds is 3. The first-order valence-corrected chi connectivity index (χ1v) is 3.65. The van der Waals surface area contributed by atoms with E-state index in [0.29, 0.717) is 12.4 Å². The molecule has 1 aromatic heterocycles. The van der Waals surface area contributed by atoms with E-state index in [-0.39, 0.29) is 5.56 Å². The Morgan fingerprint density at radius 2 is 2.45 bits per heavy atom. The lowest BCUT2D eigenvalue weighted by molar-refractivity contribution is 0.313. The molecule has 0 atom stereocenters. The standard InChI is InChI=1S/C8H11NO2/c1-2-6-11-7-4-3-5-9-8(7)10/h3-5H,2,6H2,1H3,(H,9,10). The van der Waals surface area contributed by atoms with Crippen LogP contribution in [0.4, 0.5) is 0 Å². The second-order valence-corrected chi connectivity index (χ2v) is 2.21. The van der Waals surface area contributed by atoms with Gasteiger partial charge in [-0.1, -0.05) is 6.92 Å². The fraction of sp³-hybridized carbons (Fsp3) is 0.375. The van der Waals surface area contributed by atoms with Gasteiger partial charge in [-0.2, -0.15) is 0 Å². The van der Waals surface area contributed by atoms with Crippen molar-refractivity contribution in [3.8, 4) is 5.75 Å². The van der Waals surface area contributed by atoms with E-state index in [9.17, 15) is 4.79 Å². The zero-order valence-corrected chi connectivity index (χ0v) is 6.46. The second kappa shape index (κ2) is 3.81. The lowest BCUT2D eigenvalue weighted by Gasteiger charge is -2.00. The number of aromatic amines is 1. The van der Waals surface area contributed by atoms with E-state index >= 15 is 0 Å². The van der Waals surface area contributed by atoms with E-state index in [2.05, 4.69) is 4.98 Å². The van der Waals surface area contributed by atoms with E-state index in [0.717, 1.165) is 6.42 Å². The monoisotopic (exact) mass is 153 g/mol. The molecule has 1 N–H and O–H groups in total. The Balaban J connectivity index is 2.70. The summed E-state index contributed by atoms with van der Waals surface area (Å²) >= 11 is 0. The molecule has 0 aliphatic heterocycles. The highest BCUT2D eigenvalue weighted by Crippen LogP contribution is 1.99. The molecule has 0 radical (unpaired) electrons. The summed E-state index contributed by atoms with van der Waals surface area (Å²) in [5, 5.41) is 0. The fourth-order valence-electron chi connectivity index (χ4n) is 0.732. The molecule has 0 fully saturated rings. The summed E-state index contributed by atoms with van der Waals surface area (Å²) < 4.78 is 5.14. The summed E-state index contributed by atoms with van der Waals surface area (Å²) in [5.41, 5.74) is -0.166. The van der Waals surface area contributed by atoms with Gasteiger partial charge in [-0.15, -0.1) is 0 Å². The van der Waals surface area contributed by atoms with Crippen molar-refractivity contribution in [1.82, 2.24) is 4.98 Å². The van der Waals surface area contributed by atoms with Gasteiger partial charge in [0.15, 0.2) is 5.75 Å². The molecule has 0 bridgehead atoms. The van der Waals surface area contributed by atoms with Crippen molar-refractivity contribution in [3.63, 3.8) is 0 Å². The molecule has 0 amide bonds. The van der Waals surface area contributed by atoms with Crippen molar-refractivity contribution in [2.75, 3.05) is 6.61 Å². The largest absolute Gasteiger partial charge is 0.488 e. The summed E-state index contributed by atoms with van der Waals surface area (Å²) in [6.45, 7) is 2.59. The summed E-state index contributed by atoms with van der Waals surface area (Å²) in [7, 11) is 0. The lowest BCUT2D eigenvalue weighted by atomic mass is 10.4. The fourth-order valence-corrected chi connectivity index (χ4v) is 0.732. The first-order valence-electron chi connectivity index (χ1n) is 3.65. The van der Waals surface area contributed by atoms with Gasteiger partial charge in [0.1, 0.15) is 0 Å². The Hall–Kier alpha value is -1.25. The Morgan fingerprint density at radius 1 is 1.64 bits per heavy atom. The maximum absolute atomic E-state index is 10.9. The van der Waals surface area contributed by atoms with Gasteiger partial charge in [0.05, 0.1) is 6.61 Å². The van der Waals surface area contributed by atoms with Gasteiger partial charge in [-0.3, -0.25) is 4.79 Å². The molecule has 0 spiro atoms. The third-order valence-electron chi connectivity index (χ3n) is 1.24. The summed E-state index contributed by atoms with van der Waals surface area (Å²) in [6, 6.07) is 3.40. The molecule has 0 aliphatic rings. The molecule has 11 heavy (non-hydrogen) atoms.